The second kappa shape index (κ2) is 8.59. The standard InChI is InChI=1S/C22H17F2NS/c1-16-3-2-4-20(15-16)25-22(17-5-7-18(23)8-6-17)13-14-26-21-11-9-19(24)10-12-21/h2-15H,1H3/b14-13+,25-22?. The quantitative estimate of drug-likeness (QED) is 0.362. The summed E-state index contributed by atoms with van der Waals surface area (Å²) in [6.45, 7) is 2.01. The first-order valence-corrected chi connectivity index (χ1v) is 8.98. The Labute approximate surface area is 156 Å². The van der Waals surface area contributed by atoms with Crippen LogP contribution in [0.4, 0.5) is 14.5 Å². The molecule has 0 aliphatic rings. The second-order valence-corrected chi connectivity index (χ2v) is 6.70. The first-order chi connectivity index (χ1) is 12.6. The summed E-state index contributed by atoms with van der Waals surface area (Å²) in [6, 6.07) is 20.4. The van der Waals surface area contributed by atoms with Gasteiger partial charge >= 0.3 is 0 Å². The van der Waals surface area contributed by atoms with Crippen LogP contribution in [0, 0.1) is 18.6 Å². The van der Waals surface area contributed by atoms with Crippen LogP contribution in [0.25, 0.3) is 0 Å². The van der Waals surface area contributed by atoms with Crippen molar-refractivity contribution in [2.75, 3.05) is 0 Å². The largest absolute Gasteiger partial charge is 0.248 e. The highest BCUT2D eigenvalue weighted by atomic mass is 32.2. The molecule has 3 aromatic carbocycles. The van der Waals surface area contributed by atoms with Crippen LogP contribution in [0.2, 0.25) is 0 Å². The van der Waals surface area contributed by atoms with Gasteiger partial charge in [-0.3, -0.25) is 0 Å². The normalized spacial score (nSPS) is 11.9. The summed E-state index contributed by atoms with van der Waals surface area (Å²) < 4.78 is 26.2. The van der Waals surface area contributed by atoms with Crippen molar-refractivity contribution in [1.82, 2.24) is 0 Å². The smallest absolute Gasteiger partial charge is 0.123 e. The summed E-state index contributed by atoms with van der Waals surface area (Å²) >= 11 is 1.47. The summed E-state index contributed by atoms with van der Waals surface area (Å²) in [4.78, 5) is 5.63. The zero-order valence-electron chi connectivity index (χ0n) is 14.2. The second-order valence-electron chi connectivity index (χ2n) is 5.72. The number of rotatable bonds is 5. The monoisotopic (exact) mass is 365 g/mol. The van der Waals surface area contributed by atoms with Crippen molar-refractivity contribution < 1.29 is 8.78 Å². The molecule has 130 valence electrons. The first-order valence-electron chi connectivity index (χ1n) is 8.10. The van der Waals surface area contributed by atoms with Crippen LogP contribution in [0.1, 0.15) is 11.1 Å². The zero-order valence-corrected chi connectivity index (χ0v) is 15.0. The van der Waals surface area contributed by atoms with Crippen LogP contribution in [0.5, 0.6) is 0 Å². The van der Waals surface area contributed by atoms with E-state index in [1.807, 2.05) is 42.7 Å². The SMILES string of the molecule is Cc1cccc(N=C(/C=C/Sc2ccc(F)cc2)c2ccc(F)cc2)c1. The maximum absolute atomic E-state index is 13.2. The van der Waals surface area contributed by atoms with Crippen LogP contribution in [0.15, 0.2) is 94.2 Å². The van der Waals surface area contributed by atoms with Gasteiger partial charge in [0.25, 0.3) is 0 Å². The molecule has 0 bridgehead atoms. The lowest BCUT2D eigenvalue weighted by atomic mass is 10.1. The molecule has 0 radical (unpaired) electrons. The first kappa shape index (κ1) is 18.1. The van der Waals surface area contributed by atoms with Crippen molar-refractivity contribution in [3.63, 3.8) is 0 Å². The molecule has 3 aromatic rings. The van der Waals surface area contributed by atoms with Gasteiger partial charge in [-0.05, 0) is 84.6 Å². The highest BCUT2D eigenvalue weighted by molar-refractivity contribution is 8.02. The molecule has 0 fully saturated rings. The Morgan fingerprint density at radius 2 is 1.54 bits per heavy atom. The molecule has 0 aliphatic carbocycles. The molecular weight excluding hydrogens is 348 g/mol. The van der Waals surface area contributed by atoms with Crippen LogP contribution < -0.4 is 0 Å². The van der Waals surface area contributed by atoms with Gasteiger partial charge in [-0.1, -0.05) is 23.9 Å². The number of aliphatic imine (C=N–C) groups is 1. The fourth-order valence-corrected chi connectivity index (χ4v) is 2.99. The van der Waals surface area contributed by atoms with E-state index in [-0.39, 0.29) is 11.6 Å². The molecule has 0 atom stereocenters. The third-order valence-electron chi connectivity index (χ3n) is 3.63. The highest BCUT2D eigenvalue weighted by Gasteiger charge is 2.02. The topological polar surface area (TPSA) is 12.4 Å². The number of allylic oxidation sites excluding steroid dienone is 1. The average molecular weight is 365 g/mol. The number of aryl methyl sites for hydroxylation is 1. The molecule has 0 saturated heterocycles. The molecule has 0 saturated carbocycles. The lowest BCUT2D eigenvalue weighted by molar-refractivity contribution is 0.626. The van der Waals surface area contributed by atoms with E-state index >= 15 is 0 Å². The van der Waals surface area contributed by atoms with Crippen LogP contribution >= 0.6 is 11.8 Å². The lowest BCUT2D eigenvalue weighted by Gasteiger charge is -2.04. The Kier molecular flexibility index (Phi) is 5.97. The van der Waals surface area contributed by atoms with E-state index in [4.69, 9.17) is 4.99 Å². The maximum Gasteiger partial charge on any atom is 0.123 e. The minimum Gasteiger partial charge on any atom is -0.248 e. The molecular formula is C22H17F2NS. The van der Waals surface area contributed by atoms with Gasteiger partial charge in [-0.15, -0.1) is 0 Å². The van der Waals surface area contributed by atoms with Gasteiger partial charge in [0.1, 0.15) is 11.6 Å². The van der Waals surface area contributed by atoms with E-state index in [9.17, 15) is 8.78 Å². The predicted molar refractivity (Wildman–Crippen MR) is 105 cm³/mol. The molecule has 3 rings (SSSR count). The Bertz CT molecular complexity index is 929. The molecule has 0 amide bonds. The number of hydrogen-bond donors (Lipinski definition) is 0. The van der Waals surface area contributed by atoms with Crippen molar-refractivity contribution in [2.45, 2.75) is 11.8 Å². The Morgan fingerprint density at radius 1 is 0.885 bits per heavy atom. The fourth-order valence-electron chi connectivity index (χ4n) is 2.35. The van der Waals surface area contributed by atoms with E-state index in [1.54, 1.807) is 24.3 Å². The van der Waals surface area contributed by atoms with Gasteiger partial charge in [0, 0.05) is 10.5 Å². The third kappa shape index (κ3) is 5.14. The molecule has 1 nitrogen and oxygen atoms in total. The molecule has 26 heavy (non-hydrogen) atoms. The van der Waals surface area contributed by atoms with Gasteiger partial charge in [0.05, 0.1) is 11.4 Å². The number of halogens is 2. The molecule has 0 N–H and O–H groups in total. The van der Waals surface area contributed by atoms with Crippen LogP contribution in [0.3, 0.4) is 0 Å². The van der Waals surface area contributed by atoms with Crippen molar-refractivity contribution in [3.8, 4) is 0 Å². The van der Waals surface area contributed by atoms with E-state index in [0.717, 1.165) is 27.4 Å². The van der Waals surface area contributed by atoms with Gasteiger partial charge in [-0.2, -0.15) is 0 Å². The summed E-state index contributed by atoms with van der Waals surface area (Å²) in [5.41, 5.74) is 3.50. The number of hydrogen-bond acceptors (Lipinski definition) is 2. The summed E-state index contributed by atoms with van der Waals surface area (Å²) in [6.07, 6.45) is 1.88. The van der Waals surface area contributed by atoms with Crippen molar-refractivity contribution in [2.24, 2.45) is 4.99 Å². The summed E-state index contributed by atoms with van der Waals surface area (Å²) in [7, 11) is 0. The van der Waals surface area contributed by atoms with E-state index in [1.165, 1.54) is 36.0 Å². The minimum absolute atomic E-state index is 0.258. The number of thioether (sulfide) groups is 1. The molecule has 0 aliphatic heterocycles. The van der Waals surface area contributed by atoms with Gasteiger partial charge < -0.3 is 0 Å². The van der Waals surface area contributed by atoms with E-state index in [0.29, 0.717) is 0 Å². The Balaban J connectivity index is 1.88. The lowest BCUT2D eigenvalue weighted by Crippen LogP contribution is -1.96. The number of nitrogens with zero attached hydrogens (tertiary/aromatic N) is 1. The average Bonchev–Trinajstić information content (AvgIpc) is 2.63. The molecule has 4 heteroatoms. The van der Waals surface area contributed by atoms with Crippen molar-refractivity contribution in [3.05, 3.63) is 107 Å². The molecule has 0 unspecified atom stereocenters. The Morgan fingerprint density at radius 3 is 2.19 bits per heavy atom. The number of benzene rings is 3. The third-order valence-corrected chi connectivity index (χ3v) is 4.45. The minimum atomic E-state index is -0.284. The highest BCUT2D eigenvalue weighted by Crippen LogP contribution is 2.21. The predicted octanol–water partition coefficient (Wildman–Crippen LogP) is 6.70. The van der Waals surface area contributed by atoms with E-state index in [2.05, 4.69) is 0 Å². The fraction of sp³-hybridized carbons (Fsp3) is 0.0455. The van der Waals surface area contributed by atoms with Crippen molar-refractivity contribution >= 4 is 23.2 Å². The summed E-state index contributed by atoms with van der Waals surface area (Å²) in [5.74, 6) is -0.542. The molecule has 0 spiro atoms. The zero-order chi connectivity index (χ0) is 18.4. The maximum atomic E-state index is 13.2. The molecule has 0 aromatic heterocycles. The van der Waals surface area contributed by atoms with Gasteiger partial charge in [0.15, 0.2) is 0 Å². The van der Waals surface area contributed by atoms with Crippen LogP contribution in [-0.2, 0) is 0 Å². The Hall–Kier alpha value is -2.72. The van der Waals surface area contributed by atoms with Crippen molar-refractivity contribution in [1.29, 1.82) is 0 Å². The molecule has 0 heterocycles. The summed E-state index contributed by atoms with van der Waals surface area (Å²) in [5, 5.41) is 1.89. The van der Waals surface area contributed by atoms with E-state index < -0.39 is 0 Å². The van der Waals surface area contributed by atoms with Gasteiger partial charge in [-0.25, -0.2) is 13.8 Å². The van der Waals surface area contributed by atoms with Gasteiger partial charge in [0.2, 0.25) is 0 Å². The van der Waals surface area contributed by atoms with Crippen LogP contribution in [-0.4, -0.2) is 5.71 Å².